The molecule has 1 aliphatic heterocycles. The molecule has 6 rings (SSSR count). The van der Waals surface area contributed by atoms with E-state index in [1.54, 1.807) is 23.2 Å². The highest BCUT2D eigenvalue weighted by Crippen LogP contribution is 2.36. The zero-order valence-corrected chi connectivity index (χ0v) is 33.6. The Morgan fingerprint density at radius 3 is 2.46 bits per heavy atom. The van der Waals surface area contributed by atoms with Gasteiger partial charge in [-0.15, -0.1) is 0 Å². The molecule has 0 spiro atoms. The van der Waals surface area contributed by atoms with Crippen molar-refractivity contribution in [3.8, 4) is 17.1 Å². The van der Waals surface area contributed by atoms with Gasteiger partial charge in [-0.25, -0.2) is 28.1 Å². The van der Waals surface area contributed by atoms with Crippen LogP contribution in [-0.2, 0) is 33.3 Å². The van der Waals surface area contributed by atoms with E-state index in [0.29, 0.717) is 41.2 Å². The Hall–Kier alpha value is -4.88. The molecule has 13 heteroatoms. The fourth-order valence-electron chi connectivity index (χ4n) is 6.50. The third-order valence-corrected chi connectivity index (χ3v) is 10.5. The van der Waals surface area contributed by atoms with Crippen LogP contribution in [-0.4, -0.2) is 57.9 Å². The summed E-state index contributed by atoms with van der Waals surface area (Å²) in [6.45, 7) is 20.7. The van der Waals surface area contributed by atoms with Crippen molar-refractivity contribution >= 4 is 33.1 Å². The van der Waals surface area contributed by atoms with E-state index in [4.69, 9.17) is 23.9 Å². The van der Waals surface area contributed by atoms with Crippen LogP contribution in [0.4, 0.5) is 5.95 Å². The molecule has 54 heavy (non-hydrogen) atoms. The van der Waals surface area contributed by atoms with Crippen molar-refractivity contribution in [2.75, 3.05) is 11.3 Å². The van der Waals surface area contributed by atoms with Crippen molar-refractivity contribution in [1.29, 1.82) is 0 Å². The van der Waals surface area contributed by atoms with Gasteiger partial charge in [-0.05, 0) is 68.9 Å². The zero-order valence-electron chi connectivity index (χ0n) is 32.8. The highest BCUT2D eigenvalue weighted by molar-refractivity contribution is 7.92. The summed E-state index contributed by atoms with van der Waals surface area (Å²) in [4.78, 5) is 35.1. The fourth-order valence-corrected chi connectivity index (χ4v) is 7.49. The first-order valence-corrected chi connectivity index (χ1v) is 19.7. The predicted octanol–water partition coefficient (Wildman–Crippen LogP) is 8.41. The molecule has 1 atom stereocenters. The first-order valence-electron chi connectivity index (χ1n) is 18.2. The Labute approximate surface area is 319 Å². The van der Waals surface area contributed by atoms with Gasteiger partial charge in [0.05, 0.1) is 47.8 Å². The highest BCUT2D eigenvalue weighted by atomic mass is 32.2. The second-order valence-corrected chi connectivity index (χ2v) is 18.2. The van der Waals surface area contributed by atoms with Gasteiger partial charge in [0.1, 0.15) is 17.9 Å². The monoisotopic (exact) mass is 756 g/mol. The SMILES string of the molecule is Cc1cccc(COC(C)C)c1-c1nc2nc(c1C)OC[C@@H](CC(C)(C)C)N(Cc1cnc3oc(C(C)(C)C)cc3n1)C(=O)c1cccc(c1)S(=O)(=O)N2.[HH]. The molecule has 0 unspecified atom stereocenters. The number of aromatic nitrogens is 4. The number of aryl methyl sites for hydroxylation is 1. The molecule has 0 saturated heterocycles. The quantitative estimate of drug-likeness (QED) is 0.172. The average molecular weight is 757 g/mol. The summed E-state index contributed by atoms with van der Waals surface area (Å²) in [5.41, 5.74) is 5.02. The summed E-state index contributed by atoms with van der Waals surface area (Å²) >= 11 is 0. The lowest BCUT2D eigenvalue weighted by Gasteiger charge is -2.35. The standard InChI is InChI=1S/C41H50N6O6S.H2/c1-24(2)51-22-28-15-11-13-25(3)34(28)35-26(4)36-45-39(44-35)46-54(49,50)31-16-12-14-27(17-31)38(48)47(30(23-52-36)19-40(5,6)7)21-29-20-42-37-32(43-29)18-33(53-37)41(8,9)10;/h11-18,20,24,30H,19,21-23H2,1-10H3,(H,44,45,46);1H/t30-;/m1./s1. The molecular formula is C41H52N6O6S. The van der Waals surface area contributed by atoms with Crippen molar-refractivity contribution in [3.05, 3.63) is 88.4 Å². The molecule has 288 valence electrons. The van der Waals surface area contributed by atoms with Crippen molar-refractivity contribution < 1.29 is 28.5 Å². The predicted molar refractivity (Wildman–Crippen MR) is 210 cm³/mol. The summed E-state index contributed by atoms with van der Waals surface area (Å²) in [5.74, 6) is 0.424. The number of fused-ring (bicyclic) bond motifs is 5. The molecular weight excluding hydrogens is 705 g/mol. The Balaban J connectivity index is 0.00000580. The molecule has 4 bridgehead atoms. The molecule has 0 radical (unpaired) electrons. The number of furan rings is 1. The first kappa shape index (κ1) is 38.8. The van der Waals surface area contributed by atoms with Gasteiger partial charge < -0.3 is 18.8 Å². The molecule has 1 N–H and O–H groups in total. The van der Waals surface area contributed by atoms with Gasteiger partial charge in [0.2, 0.25) is 17.5 Å². The third kappa shape index (κ3) is 8.57. The van der Waals surface area contributed by atoms with Gasteiger partial charge in [0.25, 0.3) is 15.9 Å². The van der Waals surface area contributed by atoms with Gasteiger partial charge in [0.15, 0.2) is 0 Å². The molecule has 12 nitrogen and oxygen atoms in total. The molecule has 3 aromatic heterocycles. The minimum atomic E-state index is -4.25. The van der Waals surface area contributed by atoms with Crippen LogP contribution >= 0.6 is 0 Å². The van der Waals surface area contributed by atoms with E-state index in [1.165, 1.54) is 12.1 Å². The van der Waals surface area contributed by atoms with E-state index in [-0.39, 0.29) is 59.7 Å². The van der Waals surface area contributed by atoms with Crippen LogP contribution in [0.1, 0.15) is 102 Å². The van der Waals surface area contributed by atoms with E-state index < -0.39 is 16.1 Å². The Kier molecular flexibility index (Phi) is 10.6. The molecule has 2 aromatic carbocycles. The third-order valence-electron chi connectivity index (χ3n) is 9.21. The highest BCUT2D eigenvalue weighted by Gasteiger charge is 2.33. The lowest BCUT2D eigenvalue weighted by atomic mass is 9.87. The second-order valence-electron chi connectivity index (χ2n) is 16.5. The zero-order chi connectivity index (χ0) is 39.2. The lowest BCUT2D eigenvalue weighted by molar-refractivity contribution is 0.0508. The van der Waals surface area contributed by atoms with Crippen LogP contribution in [0.15, 0.2) is 64.0 Å². The number of amides is 1. The number of nitrogens with zero attached hydrogens (tertiary/aromatic N) is 5. The number of sulfonamides is 1. The average Bonchev–Trinajstić information content (AvgIpc) is 3.53. The maximum absolute atomic E-state index is 14.6. The van der Waals surface area contributed by atoms with Crippen LogP contribution in [0.2, 0.25) is 0 Å². The Morgan fingerprint density at radius 2 is 1.76 bits per heavy atom. The first-order chi connectivity index (χ1) is 25.3. The maximum Gasteiger partial charge on any atom is 0.264 e. The number of rotatable bonds is 7. The number of carbonyl (C=O) groups is 1. The summed E-state index contributed by atoms with van der Waals surface area (Å²) in [6, 6.07) is 13.3. The normalized spacial score (nSPS) is 16.4. The largest absolute Gasteiger partial charge is 0.475 e. The van der Waals surface area contributed by atoms with Crippen LogP contribution < -0.4 is 9.46 Å². The molecule has 0 saturated carbocycles. The van der Waals surface area contributed by atoms with Gasteiger partial charge in [-0.1, -0.05) is 65.8 Å². The molecule has 4 heterocycles. The summed E-state index contributed by atoms with van der Waals surface area (Å²) in [6.07, 6.45) is 2.15. The van der Waals surface area contributed by atoms with Crippen molar-refractivity contribution in [3.63, 3.8) is 0 Å². The van der Waals surface area contributed by atoms with Crippen molar-refractivity contribution in [2.45, 2.75) is 111 Å². The van der Waals surface area contributed by atoms with Crippen molar-refractivity contribution in [1.82, 2.24) is 24.8 Å². The van der Waals surface area contributed by atoms with E-state index >= 15 is 0 Å². The Bertz CT molecular complexity index is 2310. The molecule has 1 aliphatic rings. The second kappa shape index (κ2) is 14.7. The fraction of sp³-hybridized carbons (Fsp3) is 0.439. The van der Waals surface area contributed by atoms with E-state index in [2.05, 4.69) is 56.2 Å². The smallest absolute Gasteiger partial charge is 0.264 e. The molecule has 1 amide bonds. The topological polar surface area (TPSA) is 150 Å². The number of ether oxygens (including phenoxy) is 2. The van der Waals surface area contributed by atoms with Crippen LogP contribution in [0, 0.1) is 19.3 Å². The number of benzene rings is 2. The van der Waals surface area contributed by atoms with Crippen LogP contribution in [0.25, 0.3) is 22.5 Å². The van der Waals surface area contributed by atoms with Gasteiger partial charge in [0, 0.05) is 29.6 Å². The van der Waals surface area contributed by atoms with Crippen LogP contribution in [0.3, 0.4) is 0 Å². The summed E-state index contributed by atoms with van der Waals surface area (Å²) in [7, 11) is -4.25. The van der Waals surface area contributed by atoms with E-state index in [1.807, 2.05) is 52.0 Å². The van der Waals surface area contributed by atoms with Crippen LogP contribution in [0.5, 0.6) is 5.88 Å². The number of carbonyl (C=O) groups excluding carboxylic acids is 1. The molecule has 5 aromatic rings. The number of hydrogen-bond acceptors (Lipinski definition) is 10. The van der Waals surface area contributed by atoms with Gasteiger partial charge in [-0.3, -0.25) is 4.79 Å². The van der Waals surface area contributed by atoms with E-state index in [0.717, 1.165) is 22.5 Å². The number of hydrogen-bond donors (Lipinski definition) is 1. The van der Waals surface area contributed by atoms with Crippen molar-refractivity contribution in [2.24, 2.45) is 5.41 Å². The maximum atomic E-state index is 14.6. The molecule has 0 aliphatic carbocycles. The number of anilines is 1. The minimum absolute atomic E-state index is 0. The Morgan fingerprint density at radius 1 is 1.02 bits per heavy atom. The van der Waals surface area contributed by atoms with Gasteiger partial charge >= 0.3 is 0 Å². The summed E-state index contributed by atoms with van der Waals surface area (Å²) in [5, 5.41) is 0. The minimum Gasteiger partial charge on any atom is -0.475 e. The lowest BCUT2D eigenvalue weighted by Crippen LogP contribution is -2.45. The molecule has 0 fully saturated rings. The summed E-state index contributed by atoms with van der Waals surface area (Å²) < 4.78 is 49.0. The van der Waals surface area contributed by atoms with Gasteiger partial charge in [-0.2, -0.15) is 4.98 Å². The number of nitrogens with one attached hydrogen (secondary N) is 1. The van der Waals surface area contributed by atoms with E-state index in [9.17, 15) is 13.2 Å².